The number of halogens is 3. The van der Waals surface area contributed by atoms with Gasteiger partial charge < -0.3 is 4.90 Å². The molecule has 0 aliphatic heterocycles. The Balaban J connectivity index is 2.53. The van der Waals surface area contributed by atoms with E-state index in [2.05, 4.69) is 10.2 Å². The van der Waals surface area contributed by atoms with Crippen molar-refractivity contribution in [3.63, 3.8) is 0 Å². The summed E-state index contributed by atoms with van der Waals surface area (Å²) in [5.74, 6) is 0.318. The maximum atomic E-state index is 13.2. The maximum Gasteiger partial charge on any atom is 0.418 e. The van der Waals surface area contributed by atoms with Crippen LogP contribution >= 0.6 is 0 Å². The lowest BCUT2D eigenvalue weighted by molar-refractivity contribution is -0.137. The quantitative estimate of drug-likeness (QED) is 0.805. The average molecular weight is 337 g/mol. The monoisotopic (exact) mass is 337 g/mol. The molecule has 0 spiro atoms. The number of nitriles is 1. The second-order valence-electron chi connectivity index (χ2n) is 5.28. The Morgan fingerprint density at radius 3 is 2.29 bits per heavy atom. The summed E-state index contributed by atoms with van der Waals surface area (Å²) in [6.07, 6.45) is -2.86. The number of hydrogen-bond acceptors (Lipinski definition) is 4. The second kappa shape index (κ2) is 7.34. The molecule has 0 radical (unpaired) electrons. The third kappa shape index (κ3) is 3.67. The van der Waals surface area contributed by atoms with Crippen LogP contribution in [0.15, 0.2) is 24.3 Å². The highest BCUT2D eigenvalue weighted by Gasteiger charge is 2.34. The van der Waals surface area contributed by atoms with Crippen molar-refractivity contribution in [2.45, 2.75) is 32.9 Å². The molecule has 0 aliphatic rings. The van der Waals surface area contributed by atoms with Crippen LogP contribution in [0.4, 0.5) is 19.0 Å². The lowest BCUT2D eigenvalue weighted by Crippen LogP contribution is -2.26. The van der Waals surface area contributed by atoms with Gasteiger partial charge in [0.25, 0.3) is 0 Å². The minimum Gasteiger partial charge on any atom is -0.353 e. The predicted molar refractivity (Wildman–Crippen MR) is 83.9 cm³/mol. The molecule has 0 amide bonds. The SMILES string of the molecule is CCCN(CCC)c1nn(-c2ccccc2C(F)(F)F)nc1C#N. The summed E-state index contributed by atoms with van der Waals surface area (Å²) in [5.41, 5.74) is -1.01. The van der Waals surface area contributed by atoms with Crippen LogP contribution in [-0.4, -0.2) is 28.1 Å². The van der Waals surface area contributed by atoms with E-state index in [9.17, 15) is 18.4 Å². The molecular formula is C16H18F3N5. The number of hydrogen-bond donors (Lipinski definition) is 0. The lowest BCUT2D eigenvalue weighted by Gasteiger charge is -2.20. The van der Waals surface area contributed by atoms with Gasteiger partial charge in [-0.1, -0.05) is 26.0 Å². The van der Waals surface area contributed by atoms with E-state index in [0.717, 1.165) is 23.7 Å². The maximum absolute atomic E-state index is 13.2. The zero-order valence-electron chi connectivity index (χ0n) is 13.5. The summed E-state index contributed by atoms with van der Waals surface area (Å²) in [4.78, 5) is 2.77. The van der Waals surface area contributed by atoms with Crippen molar-refractivity contribution in [3.05, 3.63) is 35.5 Å². The molecule has 1 heterocycles. The molecule has 1 aromatic heterocycles. The molecule has 0 bridgehead atoms. The molecule has 128 valence electrons. The minimum atomic E-state index is -4.52. The highest BCUT2D eigenvalue weighted by Crippen LogP contribution is 2.33. The van der Waals surface area contributed by atoms with Gasteiger partial charge in [-0.2, -0.15) is 18.4 Å². The zero-order chi connectivity index (χ0) is 17.7. The van der Waals surface area contributed by atoms with Gasteiger partial charge in [0.15, 0.2) is 5.82 Å². The Morgan fingerprint density at radius 2 is 1.75 bits per heavy atom. The number of anilines is 1. The van der Waals surface area contributed by atoms with E-state index in [0.29, 0.717) is 18.9 Å². The predicted octanol–water partition coefficient (Wildman–Crippen LogP) is 3.78. The van der Waals surface area contributed by atoms with Gasteiger partial charge in [-0.05, 0) is 25.0 Å². The molecule has 8 heteroatoms. The van der Waals surface area contributed by atoms with E-state index in [1.807, 2.05) is 24.8 Å². The number of rotatable bonds is 6. The molecule has 0 unspecified atom stereocenters. The zero-order valence-corrected chi connectivity index (χ0v) is 13.5. The molecule has 0 saturated heterocycles. The van der Waals surface area contributed by atoms with E-state index in [1.165, 1.54) is 18.2 Å². The van der Waals surface area contributed by atoms with Gasteiger partial charge in [0, 0.05) is 13.1 Å². The van der Waals surface area contributed by atoms with E-state index >= 15 is 0 Å². The Kier molecular flexibility index (Phi) is 5.44. The van der Waals surface area contributed by atoms with Gasteiger partial charge in [-0.3, -0.25) is 0 Å². The summed E-state index contributed by atoms with van der Waals surface area (Å²) in [6.45, 7) is 5.28. The first-order valence-electron chi connectivity index (χ1n) is 7.71. The van der Waals surface area contributed by atoms with Gasteiger partial charge >= 0.3 is 6.18 Å². The van der Waals surface area contributed by atoms with Crippen molar-refractivity contribution in [1.29, 1.82) is 5.26 Å². The summed E-state index contributed by atoms with van der Waals surface area (Å²) in [5, 5.41) is 17.4. The fourth-order valence-corrected chi connectivity index (χ4v) is 2.44. The van der Waals surface area contributed by atoms with Crippen LogP contribution in [0, 0.1) is 11.3 Å². The molecule has 1 aromatic carbocycles. The smallest absolute Gasteiger partial charge is 0.353 e. The van der Waals surface area contributed by atoms with Crippen molar-refractivity contribution in [3.8, 4) is 11.8 Å². The third-order valence-corrected chi connectivity index (χ3v) is 3.41. The molecule has 2 aromatic rings. The fourth-order valence-electron chi connectivity index (χ4n) is 2.44. The Labute approximate surface area is 138 Å². The highest BCUT2D eigenvalue weighted by molar-refractivity contribution is 5.51. The molecule has 5 nitrogen and oxygen atoms in total. The first-order chi connectivity index (χ1) is 11.4. The van der Waals surface area contributed by atoms with Gasteiger partial charge in [-0.15, -0.1) is 15.0 Å². The summed E-state index contributed by atoms with van der Waals surface area (Å²) < 4.78 is 39.5. The molecule has 0 N–H and O–H groups in total. The van der Waals surface area contributed by atoms with Crippen LogP contribution in [0.1, 0.15) is 37.9 Å². The van der Waals surface area contributed by atoms with E-state index in [4.69, 9.17) is 0 Å². The normalized spacial score (nSPS) is 11.3. The Morgan fingerprint density at radius 1 is 1.12 bits per heavy atom. The van der Waals surface area contributed by atoms with Gasteiger partial charge in [0.05, 0.1) is 11.3 Å². The molecule has 0 fully saturated rings. The van der Waals surface area contributed by atoms with Crippen LogP contribution in [-0.2, 0) is 6.18 Å². The van der Waals surface area contributed by atoms with Crippen LogP contribution in [0.2, 0.25) is 0 Å². The van der Waals surface area contributed by atoms with Crippen LogP contribution in [0.25, 0.3) is 5.69 Å². The minimum absolute atomic E-state index is 0.0221. The van der Waals surface area contributed by atoms with Crippen molar-refractivity contribution in [2.75, 3.05) is 18.0 Å². The van der Waals surface area contributed by atoms with Crippen LogP contribution < -0.4 is 4.90 Å². The molecular weight excluding hydrogens is 319 g/mol. The number of nitrogens with zero attached hydrogens (tertiary/aromatic N) is 5. The fraction of sp³-hybridized carbons (Fsp3) is 0.438. The molecule has 0 atom stereocenters. The third-order valence-electron chi connectivity index (χ3n) is 3.41. The Bertz CT molecular complexity index is 724. The first kappa shape index (κ1) is 17.8. The number of alkyl halides is 3. The van der Waals surface area contributed by atoms with Crippen LogP contribution in [0.3, 0.4) is 0 Å². The molecule has 0 aliphatic carbocycles. The highest BCUT2D eigenvalue weighted by atomic mass is 19.4. The molecule has 24 heavy (non-hydrogen) atoms. The van der Waals surface area contributed by atoms with Gasteiger partial charge in [0.2, 0.25) is 5.69 Å². The van der Waals surface area contributed by atoms with Crippen molar-refractivity contribution < 1.29 is 13.2 Å². The van der Waals surface area contributed by atoms with Crippen molar-refractivity contribution >= 4 is 5.82 Å². The summed E-state index contributed by atoms with van der Waals surface area (Å²) in [6, 6.07) is 6.98. The number of aromatic nitrogens is 3. The first-order valence-corrected chi connectivity index (χ1v) is 7.71. The van der Waals surface area contributed by atoms with Gasteiger partial charge in [0.1, 0.15) is 6.07 Å². The molecule has 0 saturated carbocycles. The van der Waals surface area contributed by atoms with Crippen molar-refractivity contribution in [2.24, 2.45) is 0 Å². The standard InChI is InChI=1S/C16H18F3N5/c1-3-9-23(10-4-2)15-13(11-20)21-24(22-15)14-8-6-5-7-12(14)16(17,18)19/h5-8H,3-4,9-10H2,1-2H3. The van der Waals surface area contributed by atoms with Crippen molar-refractivity contribution in [1.82, 2.24) is 15.0 Å². The van der Waals surface area contributed by atoms with E-state index < -0.39 is 11.7 Å². The van der Waals surface area contributed by atoms with Crippen LogP contribution in [0.5, 0.6) is 0 Å². The second-order valence-corrected chi connectivity index (χ2v) is 5.28. The van der Waals surface area contributed by atoms with Gasteiger partial charge in [-0.25, -0.2) is 0 Å². The summed E-state index contributed by atoms with van der Waals surface area (Å²) >= 11 is 0. The van der Waals surface area contributed by atoms with E-state index in [-0.39, 0.29) is 11.4 Å². The number of para-hydroxylation sites is 1. The lowest BCUT2D eigenvalue weighted by atomic mass is 10.2. The largest absolute Gasteiger partial charge is 0.418 e. The number of benzene rings is 1. The average Bonchev–Trinajstić information content (AvgIpc) is 2.98. The van der Waals surface area contributed by atoms with E-state index in [1.54, 1.807) is 0 Å². The Hall–Kier alpha value is -2.56. The summed E-state index contributed by atoms with van der Waals surface area (Å²) in [7, 11) is 0. The topological polar surface area (TPSA) is 57.7 Å². The molecule has 2 rings (SSSR count).